The molecule has 2 aliphatic rings. The summed E-state index contributed by atoms with van der Waals surface area (Å²) in [5, 5.41) is 12.2. The molecule has 1 amide bonds. The van der Waals surface area contributed by atoms with Gasteiger partial charge in [-0.05, 0) is 44.7 Å². The van der Waals surface area contributed by atoms with E-state index in [2.05, 4.69) is 17.3 Å². The lowest BCUT2D eigenvalue weighted by Crippen LogP contribution is -2.47. The molecule has 0 spiro atoms. The minimum atomic E-state index is -0.780. The molecule has 2 fully saturated rings. The zero-order valence-corrected chi connectivity index (χ0v) is 12.4. The summed E-state index contributed by atoms with van der Waals surface area (Å²) in [7, 11) is 2.07. The number of likely N-dealkylation sites (N-methyl/N-ethyl adjacent to an activating group) is 1. The third-order valence-electron chi connectivity index (χ3n) is 4.72. The first kappa shape index (κ1) is 15.3. The van der Waals surface area contributed by atoms with Crippen LogP contribution in [-0.2, 0) is 9.59 Å². The molecule has 1 heterocycles. The van der Waals surface area contributed by atoms with Crippen molar-refractivity contribution < 1.29 is 14.7 Å². The van der Waals surface area contributed by atoms with Crippen molar-refractivity contribution in [3.63, 3.8) is 0 Å². The SMILES string of the molecule is CN1CCCC(NC(=O)CC2(CC(=O)O)CCCC2)C1. The fourth-order valence-corrected chi connectivity index (χ4v) is 3.77. The van der Waals surface area contributed by atoms with Gasteiger partial charge in [0.05, 0.1) is 6.42 Å². The van der Waals surface area contributed by atoms with Crippen LogP contribution in [0.15, 0.2) is 0 Å². The lowest BCUT2D eigenvalue weighted by molar-refractivity contribution is -0.140. The number of hydrogen-bond donors (Lipinski definition) is 2. The Morgan fingerprint density at radius 1 is 1.25 bits per heavy atom. The van der Waals surface area contributed by atoms with Gasteiger partial charge in [-0.15, -0.1) is 0 Å². The molecular weight excluding hydrogens is 256 g/mol. The van der Waals surface area contributed by atoms with E-state index < -0.39 is 5.97 Å². The average Bonchev–Trinajstić information content (AvgIpc) is 2.75. The lowest BCUT2D eigenvalue weighted by Gasteiger charge is -2.32. The number of amides is 1. The minimum absolute atomic E-state index is 0.0356. The number of rotatable bonds is 5. The van der Waals surface area contributed by atoms with Gasteiger partial charge in [0.1, 0.15) is 0 Å². The highest BCUT2D eigenvalue weighted by molar-refractivity contribution is 5.78. The van der Waals surface area contributed by atoms with Crippen LogP contribution in [-0.4, -0.2) is 48.1 Å². The molecule has 0 radical (unpaired) electrons. The molecule has 1 saturated heterocycles. The number of carbonyl (C=O) groups is 2. The van der Waals surface area contributed by atoms with Crippen LogP contribution < -0.4 is 5.32 Å². The molecule has 5 nitrogen and oxygen atoms in total. The van der Waals surface area contributed by atoms with Crippen LogP contribution in [0.25, 0.3) is 0 Å². The predicted octanol–water partition coefficient (Wildman–Crippen LogP) is 1.62. The van der Waals surface area contributed by atoms with Gasteiger partial charge in [-0.25, -0.2) is 0 Å². The molecule has 0 bridgehead atoms. The van der Waals surface area contributed by atoms with Crippen molar-refractivity contribution in [1.82, 2.24) is 10.2 Å². The molecular formula is C15H26N2O3. The molecule has 0 aromatic rings. The summed E-state index contributed by atoms with van der Waals surface area (Å²) in [6.45, 7) is 1.99. The number of piperidine rings is 1. The van der Waals surface area contributed by atoms with Crippen molar-refractivity contribution in [3.8, 4) is 0 Å². The normalized spacial score (nSPS) is 26.4. The number of carboxylic acid groups (broad SMARTS) is 1. The van der Waals surface area contributed by atoms with Gasteiger partial charge in [-0.3, -0.25) is 9.59 Å². The summed E-state index contributed by atoms with van der Waals surface area (Å²) < 4.78 is 0. The van der Waals surface area contributed by atoms with Crippen LogP contribution in [0.2, 0.25) is 0 Å². The van der Waals surface area contributed by atoms with Gasteiger partial charge in [0.15, 0.2) is 0 Å². The Hall–Kier alpha value is -1.10. The maximum absolute atomic E-state index is 12.2. The maximum atomic E-state index is 12.2. The third kappa shape index (κ3) is 4.20. The molecule has 2 N–H and O–H groups in total. The highest BCUT2D eigenvalue weighted by atomic mass is 16.4. The summed E-state index contributed by atoms with van der Waals surface area (Å²) in [6, 6.07) is 0.226. The van der Waals surface area contributed by atoms with Crippen molar-refractivity contribution in [2.24, 2.45) is 5.41 Å². The third-order valence-corrected chi connectivity index (χ3v) is 4.72. The number of aliphatic carboxylic acids is 1. The Morgan fingerprint density at radius 3 is 2.55 bits per heavy atom. The van der Waals surface area contributed by atoms with Crippen LogP contribution in [0.3, 0.4) is 0 Å². The molecule has 1 aliphatic heterocycles. The Labute approximate surface area is 120 Å². The fraction of sp³-hybridized carbons (Fsp3) is 0.867. The zero-order chi connectivity index (χ0) is 14.6. The van der Waals surface area contributed by atoms with Crippen LogP contribution in [0.5, 0.6) is 0 Å². The van der Waals surface area contributed by atoms with E-state index in [9.17, 15) is 9.59 Å². The smallest absolute Gasteiger partial charge is 0.303 e. The summed E-state index contributed by atoms with van der Waals surface area (Å²) >= 11 is 0. The summed E-state index contributed by atoms with van der Waals surface area (Å²) in [5.74, 6) is -0.745. The molecule has 2 rings (SSSR count). The first-order chi connectivity index (χ1) is 9.49. The van der Waals surface area contributed by atoms with Crippen molar-refractivity contribution >= 4 is 11.9 Å². The highest BCUT2D eigenvalue weighted by Gasteiger charge is 2.38. The fourth-order valence-electron chi connectivity index (χ4n) is 3.77. The van der Waals surface area contributed by atoms with E-state index >= 15 is 0 Å². The number of carboxylic acids is 1. The van der Waals surface area contributed by atoms with E-state index in [0.717, 1.165) is 51.6 Å². The van der Waals surface area contributed by atoms with E-state index in [1.165, 1.54) is 0 Å². The molecule has 0 aromatic heterocycles. The molecule has 1 unspecified atom stereocenters. The quantitative estimate of drug-likeness (QED) is 0.804. The lowest BCUT2D eigenvalue weighted by atomic mass is 9.79. The van der Waals surface area contributed by atoms with E-state index in [4.69, 9.17) is 5.11 Å². The van der Waals surface area contributed by atoms with Gasteiger partial charge in [-0.2, -0.15) is 0 Å². The van der Waals surface area contributed by atoms with Gasteiger partial charge in [0.2, 0.25) is 5.91 Å². The average molecular weight is 282 g/mol. The minimum Gasteiger partial charge on any atom is -0.481 e. The molecule has 1 atom stereocenters. The van der Waals surface area contributed by atoms with Crippen LogP contribution in [0.1, 0.15) is 51.4 Å². The van der Waals surface area contributed by atoms with E-state index in [-0.39, 0.29) is 23.8 Å². The van der Waals surface area contributed by atoms with Crippen molar-refractivity contribution in [2.45, 2.75) is 57.4 Å². The van der Waals surface area contributed by atoms with E-state index in [0.29, 0.717) is 6.42 Å². The second kappa shape index (κ2) is 6.57. The number of nitrogens with zero attached hydrogens (tertiary/aromatic N) is 1. The second-order valence-electron chi connectivity index (χ2n) is 6.62. The first-order valence-electron chi connectivity index (χ1n) is 7.69. The van der Waals surface area contributed by atoms with Gasteiger partial charge < -0.3 is 15.3 Å². The van der Waals surface area contributed by atoms with E-state index in [1.807, 2.05) is 0 Å². The monoisotopic (exact) mass is 282 g/mol. The van der Waals surface area contributed by atoms with Crippen LogP contribution in [0, 0.1) is 5.41 Å². The van der Waals surface area contributed by atoms with Crippen molar-refractivity contribution in [2.75, 3.05) is 20.1 Å². The van der Waals surface area contributed by atoms with Gasteiger partial charge in [0, 0.05) is 19.0 Å². The summed E-state index contributed by atoms with van der Waals surface area (Å²) in [5.41, 5.74) is -0.295. The Balaban J connectivity index is 1.86. The largest absolute Gasteiger partial charge is 0.481 e. The van der Waals surface area contributed by atoms with Crippen molar-refractivity contribution in [3.05, 3.63) is 0 Å². The molecule has 0 aromatic carbocycles. The first-order valence-corrected chi connectivity index (χ1v) is 7.69. The topological polar surface area (TPSA) is 69.6 Å². The van der Waals surface area contributed by atoms with Gasteiger partial charge in [-0.1, -0.05) is 12.8 Å². The number of likely N-dealkylation sites (tertiary alicyclic amines) is 1. The molecule has 1 aliphatic carbocycles. The maximum Gasteiger partial charge on any atom is 0.303 e. The van der Waals surface area contributed by atoms with Gasteiger partial charge in [0.25, 0.3) is 0 Å². The standard InChI is InChI=1S/C15H26N2O3/c1-17-8-4-5-12(11-17)16-13(18)9-15(10-14(19)20)6-2-3-7-15/h12H,2-11H2,1H3,(H,16,18)(H,19,20). The molecule has 114 valence electrons. The predicted molar refractivity (Wildman–Crippen MR) is 76.4 cm³/mol. The number of hydrogen-bond acceptors (Lipinski definition) is 3. The van der Waals surface area contributed by atoms with Crippen molar-refractivity contribution in [1.29, 1.82) is 0 Å². The highest BCUT2D eigenvalue weighted by Crippen LogP contribution is 2.44. The summed E-state index contributed by atoms with van der Waals surface area (Å²) in [4.78, 5) is 25.5. The van der Waals surface area contributed by atoms with Crippen LogP contribution in [0.4, 0.5) is 0 Å². The number of nitrogens with one attached hydrogen (secondary N) is 1. The summed E-state index contributed by atoms with van der Waals surface area (Å²) in [6.07, 6.45) is 6.49. The van der Waals surface area contributed by atoms with E-state index in [1.54, 1.807) is 0 Å². The molecule has 1 saturated carbocycles. The van der Waals surface area contributed by atoms with Crippen LogP contribution >= 0.6 is 0 Å². The second-order valence-corrected chi connectivity index (χ2v) is 6.62. The Morgan fingerprint density at radius 2 is 1.95 bits per heavy atom. The molecule has 5 heteroatoms. The number of carbonyl (C=O) groups excluding carboxylic acids is 1. The molecule has 20 heavy (non-hydrogen) atoms. The Bertz CT molecular complexity index is 364. The zero-order valence-electron chi connectivity index (χ0n) is 12.4. The van der Waals surface area contributed by atoms with Gasteiger partial charge >= 0.3 is 5.97 Å². The Kier molecular flexibility index (Phi) is 5.02.